The van der Waals surface area contributed by atoms with Crippen molar-refractivity contribution >= 4 is 0 Å². The van der Waals surface area contributed by atoms with Gasteiger partial charge < -0.3 is 10.8 Å². The third kappa shape index (κ3) is 2.32. The molecule has 80 valence electrons. The van der Waals surface area contributed by atoms with E-state index in [4.69, 9.17) is 16.1 Å². The van der Waals surface area contributed by atoms with Gasteiger partial charge >= 0.3 is 0 Å². The highest BCUT2D eigenvalue weighted by Gasteiger charge is 2.27. The Morgan fingerprint density at radius 2 is 2.27 bits per heavy atom. The van der Waals surface area contributed by atoms with Gasteiger partial charge in [-0.3, -0.25) is 0 Å². The number of aliphatic hydroxyl groups excluding tert-OH is 1. The summed E-state index contributed by atoms with van der Waals surface area (Å²) in [6, 6.07) is 6.14. The van der Waals surface area contributed by atoms with Crippen molar-refractivity contribution < 1.29 is 9.50 Å². The molecule has 0 saturated carbocycles. The van der Waals surface area contributed by atoms with Gasteiger partial charge in [-0.25, -0.2) is 4.39 Å². The first-order chi connectivity index (χ1) is 7.03. The smallest absolute Gasteiger partial charge is 0.129 e. The monoisotopic (exact) mass is 208 g/mol. The van der Waals surface area contributed by atoms with Crippen molar-refractivity contribution in [2.24, 2.45) is 5.73 Å². The lowest BCUT2D eigenvalue weighted by atomic mass is 9.86. The van der Waals surface area contributed by atoms with Gasteiger partial charge in [-0.2, -0.15) is 5.26 Å². The average Bonchev–Trinajstić information content (AvgIpc) is 2.16. The highest BCUT2D eigenvalue weighted by atomic mass is 19.1. The highest BCUT2D eigenvalue weighted by molar-refractivity contribution is 5.42. The number of rotatable bonds is 3. The van der Waals surface area contributed by atoms with Gasteiger partial charge in [0.15, 0.2) is 0 Å². The Labute approximate surface area is 87.9 Å². The molecular weight excluding hydrogens is 195 g/mol. The van der Waals surface area contributed by atoms with Crippen molar-refractivity contribution in [3.05, 3.63) is 35.1 Å². The topological polar surface area (TPSA) is 70.0 Å². The Morgan fingerprint density at radius 1 is 1.60 bits per heavy atom. The van der Waals surface area contributed by atoms with Crippen LogP contribution in [0.1, 0.15) is 24.5 Å². The Balaban J connectivity index is 3.29. The van der Waals surface area contributed by atoms with Gasteiger partial charge in [0.05, 0.1) is 11.6 Å². The molecule has 0 heterocycles. The van der Waals surface area contributed by atoms with Gasteiger partial charge in [-0.05, 0) is 25.5 Å². The fourth-order valence-electron chi connectivity index (χ4n) is 1.56. The van der Waals surface area contributed by atoms with Crippen LogP contribution in [-0.4, -0.2) is 11.7 Å². The van der Waals surface area contributed by atoms with Crippen molar-refractivity contribution in [1.82, 2.24) is 0 Å². The van der Waals surface area contributed by atoms with Crippen LogP contribution in [0, 0.1) is 17.1 Å². The molecule has 0 bridgehead atoms. The number of halogens is 1. The van der Waals surface area contributed by atoms with Gasteiger partial charge in [0.25, 0.3) is 0 Å². The third-order valence-electron chi connectivity index (χ3n) is 2.34. The van der Waals surface area contributed by atoms with E-state index in [0.29, 0.717) is 0 Å². The predicted molar refractivity (Wildman–Crippen MR) is 54.4 cm³/mol. The molecule has 0 aliphatic carbocycles. The van der Waals surface area contributed by atoms with Crippen molar-refractivity contribution in [1.29, 1.82) is 5.26 Å². The highest BCUT2D eigenvalue weighted by Crippen LogP contribution is 2.27. The van der Waals surface area contributed by atoms with E-state index in [0.717, 1.165) is 0 Å². The molecule has 0 saturated heterocycles. The Bertz CT molecular complexity index is 396. The number of nitriles is 1. The minimum Gasteiger partial charge on any atom is -0.396 e. The summed E-state index contributed by atoms with van der Waals surface area (Å²) in [5.74, 6) is -0.507. The van der Waals surface area contributed by atoms with Crippen LogP contribution in [0.5, 0.6) is 0 Å². The molecule has 0 amide bonds. The standard InChI is InChI=1S/C11H13FN2O/c1-11(14,5-6-15)10-8(7-13)3-2-4-9(10)12/h2-4,15H,5-6,14H2,1H3/t11-/m1/s1. The molecule has 0 aliphatic heterocycles. The van der Waals surface area contributed by atoms with E-state index < -0.39 is 11.4 Å². The molecule has 1 rings (SSSR count). The minimum absolute atomic E-state index is 0.147. The first kappa shape index (κ1) is 11.6. The van der Waals surface area contributed by atoms with Gasteiger partial charge in [0.2, 0.25) is 0 Å². The van der Waals surface area contributed by atoms with E-state index in [2.05, 4.69) is 0 Å². The quantitative estimate of drug-likeness (QED) is 0.785. The van der Waals surface area contributed by atoms with Crippen LogP contribution in [0.2, 0.25) is 0 Å². The zero-order valence-corrected chi connectivity index (χ0v) is 8.50. The lowest BCUT2D eigenvalue weighted by Crippen LogP contribution is -2.36. The van der Waals surface area contributed by atoms with E-state index in [-0.39, 0.29) is 24.2 Å². The van der Waals surface area contributed by atoms with Crippen LogP contribution in [-0.2, 0) is 5.54 Å². The number of nitrogens with two attached hydrogens (primary N) is 1. The summed E-state index contributed by atoms with van der Waals surface area (Å²) in [4.78, 5) is 0. The summed E-state index contributed by atoms with van der Waals surface area (Å²) in [5, 5.41) is 17.7. The normalized spacial score (nSPS) is 14.3. The lowest BCUT2D eigenvalue weighted by molar-refractivity contribution is 0.244. The van der Waals surface area contributed by atoms with E-state index in [1.54, 1.807) is 6.92 Å². The molecule has 0 spiro atoms. The Morgan fingerprint density at radius 3 is 2.80 bits per heavy atom. The fraction of sp³-hybridized carbons (Fsp3) is 0.364. The largest absolute Gasteiger partial charge is 0.396 e. The van der Waals surface area contributed by atoms with Gasteiger partial charge in [0.1, 0.15) is 5.82 Å². The molecule has 4 heteroatoms. The number of hydrogen-bond donors (Lipinski definition) is 2. The molecule has 0 aliphatic rings. The molecule has 0 fully saturated rings. The van der Waals surface area contributed by atoms with Crippen molar-refractivity contribution in [3.8, 4) is 6.07 Å². The first-order valence-electron chi connectivity index (χ1n) is 4.62. The maximum Gasteiger partial charge on any atom is 0.129 e. The van der Waals surface area contributed by atoms with E-state index >= 15 is 0 Å². The summed E-state index contributed by atoms with van der Waals surface area (Å²) in [5.41, 5.74) is 5.24. The maximum atomic E-state index is 13.5. The molecule has 3 N–H and O–H groups in total. The molecule has 1 aromatic carbocycles. The van der Waals surface area contributed by atoms with Gasteiger partial charge in [-0.15, -0.1) is 0 Å². The second-order valence-electron chi connectivity index (χ2n) is 3.67. The first-order valence-corrected chi connectivity index (χ1v) is 4.62. The second-order valence-corrected chi connectivity index (χ2v) is 3.67. The van der Waals surface area contributed by atoms with Crippen LogP contribution in [0.4, 0.5) is 4.39 Å². The van der Waals surface area contributed by atoms with E-state index in [1.165, 1.54) is 18.2 Å². The van der Waals surface area contributed by atoms with Gasteiger partial charge in [0, 0.05) is 17.7 Å². The lowest BCUT2D eigenvalue weighted by Gasteiger charge is -2.25. The van der Waals surface area contributed by atoms with Crippen molar-refractivity contribution in [2.75, 3.05) is 6.61 Å². The number of aliphatic hydroxyl groups is 1. The van der Waals surface area contributed by atoms with E-state index in [9.17, 15) is 4.39 Å². The van der Waals surface area contributed by atoms with Crippen LogP contribution in [0.3, 0.4) is 0 Å². The van der Waals surface area contributed by atoms with Crippen LogP contribution in [0.15, 0.2) is 18.2 Å². The van der Waals surface area contributed by atoms with Crippen LogP contribution in [0.25, 0.3) is 0 Å². The SMILES string of the molecule is C[C@@](N)(CCO)c1c(F)cccc1C#N. The minimum atomic E-state index is -1.02. The zero-order valence-electron chi connectivity index (χ0n) is 8.50. The summed E-state index contributed by atoms with van der Waals surface area (Å²) in [7, 11) is 0. The number of hydrogen-bond acceptors (Lipinski definition) is 3. The molecule has 0 radical (unpaired) electrons. The maximum absolute atomic E-state index is 13.5. The van der Waals surface area contributed by atoms with Crippen LogP contribution < -0.4 is 5.73 Å². The predicted octanol–water partition coefficient (Wildman–Crippen LogP) is 1.25. The molecular formula is C11H13FN2O. The summed E-state index contributed by atoms with van der Waals surface area (Å²) >= 11 is 0. The third-order valence-corrected chi connectivity index (χ3v) is 2.34. The zero-order chi connectivity index (χ0) is 11.5. The summed E-state index contributed by atoms with van der Waals surface area (Å²) in [6.07, 6.45) is 0.211. The van der Waals surface area contributed by atoms with Crippen molar-refractivity contribution in [2.45, 2.75) is 18.9 Å². The molecule has 15 heavy (non-hydrogen) atoms. The number of benzene rings is 1. The molecule has 3 nitrogen and oxygen atoms in total. The Hall–Kier alpha value is -1.44. The number of nitrogens with zero attached hydrogens (tertiary/aromatic N) is 1. The summed E-state index contributed by atoms with van der Waals surface area (Å²) < 4.78 is 13.5. The molecule has 0 aromatic heterocycles. The summed E-state index contributed by atoms with van der Waals surface area (Å²) in [6.45, 7) is 1.45. The van der Waals surface area contributed by atoms with Gasteiger partial charge in [-0.1, -0.05) is 6.07 Å². The molecule has 0 unspecified atom stereocenters. The van der Waals surface area contributed by atoms with E-state index in [1.807, 2.05) is 6.07 Å². The second kappa shape index (κ2) is 4.39. The fourth-order valence-corrected chi connectivity index (χ4v) is 1.56. The van der Waals surface area contributed by atoms with Crippen molar-refractivity contribution in [3.63, 3.8) is 0 Å². The molecule has 1 aromatic rings. The Kier molecular flexibility index (Phi) is 3.40. The average molecular weight is 208 g/mol. The molecule has 1 atom stereocenters. The van der Waals surface area contributed by atoms with Crippen LogP contribution >= 0.6 is 0 Å².